The molecule has 0 saturated carbocycles. The number of nitrogens with zero attached hydrogens (tertiary/aromatic N) is 4. The number of nitrogens with one attached hydrogen (secondary N) is 1. The van der Waals surface area contributed by atoms with Crippen molar-refractivity contribution in [1.29, 1.82) is 0 Å². The van der Waals surface area contributed by atoms with Gasteiger partial charge in [0.1, 0.15) is 5.82 Å². The fourth-order valence-corrected chi connectivity index (χ4v) is 4.45. The highest BCUT2D eigenvalue weighted by Crippen LogP contribution is 2.24. The molecule has 3 N–H and O–H groups in total. The maximum atomic E-state index is 13.3. The number of thioether (sulfide) groups is 1. The van der Waals surface area contributed by atoms with E-state index < -0.39 is 11.2 Å². The van der Waals surface area contributed by atoms with Gasteiger partial charge < -0.3 is 19.9 Å². The third kappa shape index (κ3) is 6.50. The quantitative estimate of drug-likeness (QED) is 0.471. The van der Waals surface area contributed by atoms with Crippen LogP contribution in [0.15, 0.2) is 14.7 Å². The summed E-state index contributed by atoms with van der Waals surface area (Å²) in [5.41, 5.74) is 6.96. The van der Waals surface area contributed by atoms with Crippen LogP contribution in [-0.4, -0.2) is 51.0 Å². The van der Waals surface area contributed by atoms with Crippen LogP contribution in [0.4, 0.5) is 11.5 Å². The van der Waals surface area contributed by atoms with Crippen LogP contribution in [-0.2, 0) is 22.6 Å². The number of ether oxygens (including phenoxy) is 1. The first kappa shape index (κ1) is 26.7. The van der Waals surface area contributed by atoms with Crippen LogP contribution in [0.25, 0.3) is 0 Å². The fourth-order valence-electron chi connectivity index (χ4n) is 3.45. The number of H-pyrrole nitrogens is 1. The summed E-state index contributed by atoms with van der Waals surface area (Å²) in [6.45, 7) is 13.5. The smallest absolute Gasteiger partial charge is 0.330 e. The molecule has 10 nitrogen and oxygen atoms in total. The molecule has 0 aromatic carbocycles. The predicted octanol–water partition coefficient (Wildman–Crippen LogP) is 2.02. The average molecular weight is 481 g/mol. The van der Waals surface area contributed by atoms with Gasteiger partial charge in [-0.3, -0.25) is 19.1 Å². The van der Waals surface area contributed by atoms with E-state index in [-0.39, 0.29) is 35.0 Å². The van der Waals surface area contributed by atoms with Crippen molar-refractivity contribution in [3.63, 3.8) is 0 Å². The molecule has 0 spiro atoms. The van der Waals surface area contributed by atoms with Crippen LogP contribution < -0.4 is 21.9 Å². The zero-order valence-electron chi connectivity index (χ0n) is 20.6. The molecule has 0 aliphatic carbocycles. The van der Waals surface area contributed by atoms with E-state index in [2.05, 4.69) is 9.97 Å². The van der Waals surface area contributed by atoms with Crippen LogP contribution in [0.2, 0.25) is 0 Å². The maximum Gasteiger partial charge on any atom is 0.330 e. The summed E-state index contributed by atoms with van der Waals surface area (Å²) in [7, 11) is 1.64. The summed E-state index contributed by atoms with van der Waals surface area (Å²) >= 11 is 1.30. The van der Waals surface area contributed by atoms with Crippen molar-refractivity contribution < 1.29 is 9.53 Å². The molecule has 33 heavy (non-hydrogen) atoms. The number of anilines is 2. The summed E-state index contributed by atoms with van der Waals surface area (Å²) < 4.78 is 8.53. The van der Waals surface area contributed by atoms with Gasteiger partial charge in [0.15, 0.2) is 10.8 Å². The van der Waals surface area contributed by atoms with Crippen LogP contribution in [0.5, 0.6) is 0 Å². The minimum Gasteiger partial charge on any atom is -0.383 e. The monoisotopic (exact) mass is 480 g/mol. The van der Waals surface area contributed by atoms with Crippen molar-refractivity contribution in [3.05, 3.63) is 32.2 Å². The van der Waals surface area contributed by atoms with Crippen molar-refractivity contribution >= 4 is 29.2 Å². The number of carbonyl (C=O) groups is 1. The second-order valence-corrected chi connectivity index (χ2v) is 9.84. The molecule has 184 valence electrons. The highest BCUT2D eigenvalue weighted by atomic mass is 32.2. The molecule has 2 aromatic rings. The number of hydrogen-bond donors (Lipinski definition) is 2. The summed E-state index contributed by atoms with van der Waals surface area (Å²) in [6, 6.07) is 0. The number of aromatic nitrogens is 4. The number of carbonyl (C=O) groups excluding carboxylic acids is 1. The summed E-state index contributed by atoms with van der Waals surface area (Å²) in [4.78, 5) is 46.7. The third-order valence-electron chi connectivity index (χ3n) is 5.15. The molecule has 0 saturated heterocycles. The summed E-state index contributed by atoms with van der Waals surface area (Å²) in [5.74, 6) is 0.00186. The minimum atomic E-state index is -0.662. The van der Waals surface area contributed by atoms with Crippen molar-refractivity contribution in [2.45, 2.75) is 59.8 Å². The van der Waals surface area contributed by atoms with Gasteiger partial charge in [-0.05, 0) is 25.7 Å². The Morgan fingerprint density at radius 1 is 1.18 bits per heavy atom. The van der Waals surface area contributed by atoms with Crippen molar-refractivity contribution in [2.24, 2.45) is 11.8 Å². The largest absolute Gasteiger partial charge is 0.383 e. The maximum absolute atomic E-state index is 13.3. The molecule has 0 atom stereocenters. The number of nitrogen functional groups attached to an aromatic ring is 1. The Balaban J connectivity index is 2.39. The molecule has 2 heterocycles. The Kier molecular flexibility index (Phi) is 9.35. The van der Waals surface area contributed by atoms with Crippen molar-refractivity contribution in [1.82, 2.24) is 19.1 Å². The standard InChI is InChI=1S/C22H36N6O4S/c1-13(2)10-27(18-19(23)28(11-14(3)4)21(31)25-20(18)30)17(29)12-33-22-24-15(5)16(6)26(22)8-9-32-7/h13-14H,8-12,23H2,1-7H3,(H,25,30,31). The van der Waals surface area contributed by atoms with Gasteiger partial charge in [-0.1, -0.05) is 39.5 Å². The number of hydrogen-bond acceptors (Lipinski definition) is 7. The molecule has 0 aliphatic heterocycles. The average Bonchev–Trinajstić information content (AvgIpc) is 2.99. The molecule has 0 fully saturated rings. The van der Waals surface area contributed by atoms with E-state index in [1.54, 1.807) is 7.11 Å². The Morgan fingerprint density at radius 3 is 2.42 bits per heavy atom. The number of aryl methyl sites for hydroxylation is 1. The number of amides is 1. The third-order valence-corrected chi connectivity index (χ3v) is 6.11. The van der Waals surface area contributed by atoms with Crippen LogP contribution in [0.1, 0.15) is 39.1 Å². The number of imidazole rings is 1. The highest BCUT2D eigenvalue weighted by Gasteiger charge is 2.26. The van der Waals surface area contributed by atoms with Gasteiger partial charge in [-0.2, -0.15) is 0 Å². The summed E-state index contributed by atoms with van der Waals surface area (Å²) in [5, 5.41) is 0.714. The van der Waals surface area contributed by atoms with E-state index in [0.717, 1.165) is 11.4 Å². The number of methoxy groups -OCH3 is 1. The molecular formula is C22H36N6O4S. The van der Waals surface area contributed by atoms with Gasteiger partial charge >= 0.3 is 5.69 Å². The van der Waals surface area contributed by atoms with Gasteiger partial charge in [-0.15, -0.1) is 0 Å². The highest BCUT2D eigenvalue weighted by molar-refractivity contribution is 7.99. The molecule has 0 radical (unpaired) electrons. The lowest BCUT2D eigenvalue weighted by atomic mass is 10.2. The SMILES string of the molecule is COCCn1c(SCC(=O)N(CC(C)C)c2c(N)n(CC(C)C)c(=O)[nH]c2=O)nc(C)c1C. The van der Waals surface area contributed by atoms with E-state index in [1.165, 1.54) is 21.2 Å². The lowest BCUT2D eigenvalue weighted by molar-refractivity contribution is -0.116. The van der Waals surface area contributed by atoms with E-state index in [1.807, 2.05) is 46.1 Å². The lowest BCUT2D eigenvalue weighted by Gasteiger charge is -2.26. The molecule has 0 aliphatic rings. The normalized spacial score (nSPS) is 11.5. The second-order valence-electron chi connectivity index (χ2n) is 8.89. The van der Waals surface area contributed by atoms with E-state index in [4.69, 9.17) is 10.5 Å². The number of rotatable bonds is 11. The molecule has 0 unspecified atom stereocenters. The molecule has 0 bridgehead atoms. The van der Waals surface area contributed by atoms with Crippen LogP contribution in [0, 0.1) is 25.7 Å². The fraction of sp³-hybridized carbons (Fsp3) is 0.636. The predicted molar refractivity (Wildman–Crippen MR) is 132 cm³/mol. The Hall–Kier alpha value is -2.53. The first-order valence-corrected chi connectivity index (χ1v) is 12.0. The topological polar surface area (TPSA) is 128 Å². The molecule has 11 heteroatoms. The van der Waals surface area contributed by atoms with Gasteiger partial charge in [-0.25, -0.2) is 9.78 Å². The van der Waals surface area contributed by atoms with Crippen LogP contribution >= 0.6 is 11.8 Å². The van der Waals surface area contributed by atoms with Gasteiger partial charge in [0.2, 0.25) is 5.91 Å². The molecule has 2 rings (SSSR count). The van der Waals surface area contributed by atoms with Gasteiger partial charge in [0.25, 0.3) is 5.56 Å². The van der Waals surface area contributed by atoms with E-state index >= 15 is 0 Å². The summed E-state index contributed by atoms with van der Waals surface area (Å²) in [6.07, 6.45) is 0. The zero-order chi connectivity index (χ0) is 24.9. The van der Waals surface area contributed by atoms with Crippen molar-refractivity contribution in [2.75, 3.05) is 36.6 Å². The molecule has 2 aromatic heterocycles. The first-order valence-electron chi connectivity index (χ1n) is 11.1. The number of nitrogens with two attached hydrogens (primary N) is 1. The Morgan fingerprint density at radius 2 is 1.85 bits per heavy atom. The number of aromatic amines is 1. The molecular weight excluding hydrogens is 444 g/mol. The van der Waals surface area contributed by atoms with Gasteiger partial charge in [0.05, 0.1) is 18.1 Å². The lowest BCUT2D eigenvalue weighted by Crippen LogP contribution is -2.43. The Labute approximate surface area is 198 Å². The minimum absolute atomic E-state index is 0.00438. The molecule has 1 amide bonds. The van der Waals surface area contributed by atoms with Crippen molar-refractivity contribution in [3.8, 4) is 0 Å². The Bertz CT molecular complexity index is 1090. The van der Waals surface area contributed by atoms with Gasteiger partial charge in [0, 0.05) is 32.4 Å². The van der Waals surface area contributed by atoms with Crippen LogP contribution in [0.3, 0.4) is 0 Å². The zero-order valence-corrected chi connectivity index (χ0v) is 21.4. The second kappa shape index (κ2) is 11.6. The first-order chi connectivity index (χ1) is 15.5. The van der Waals surface area contributed by atoms with E-state index in [0.29, 0.717) is 31.4 Å². The van der Waals surface area contributed by atoms with E-state index in [9.17, 15) is 14.4 Å².